The van der Waals surface area contributed by atoms with Crippen LogP contribution in [0.3, 0.4) is 0 Å². The van der Waals surface area contributed by atoms with E-state index in [1.54, 1.807) is 6.26 Å². The van der Waals surface area contributed by atoms with Crippen molar-refractivity contribution in [3.05, 3.63) is 23.7 Å². The van der Waals surface area contributed by atoms with Crippen LogP contribution in [0.4, 0.5) is 0 Å². The van der Waals surface area contributed by atoms with Crippen LogP contribution < -0.4 is 5.73 Å². The molecular weight excluding hydrogens is 126 g/mol. The zero-order valence-corrected chi connectivity index (χ0v) is 6.42. The van der Waals surface area contributed by atoms with Gasteiger partial charge in [0.15, 0.2) is 0 Å². The van der Waals surface area contributed by atoms with E-state index >= 15 is 0 Å². The van der Waals surface area contributed by atoms with Gasteiger partial charge in [-0.3, -0.25) is 0 Å². The summed E-state index contributed by atoms with van der Waals surface area (Å²) in [6, 6.07) is 1.98. The third-order valence-electron chi connectivity index (χ3n) is 1.78. The highest BCUT2D eigenvalue weighted by Crippen LogP contribution is 2.18. The van der Waals surface area contributed by atoms with E-state index in [0.29, 0.717) is 12.5 Å². The zero-order valence-electron chi connectivity index (χ0n) is 6.42. The molecule has 0 saturated carbocycles. The van der Waals surface area contributed by atoms with Crippen LogP contribution in [-0.4, -0.2) is 6.54 Å². The summed E-state index contributed by atoms with van der Waals surface area (Å²) in [4.78, 5) is 0. The van der Waals surface area contributed by atoms with Gasteiger partial charge in [0.05, 0.1) is 6.26 Å². The minimum absolute atomic E-state index is 0.416. The highest BCUT2D eigenvalue weighted by atomic mass is 16.3. The van der Waals surface area contributed by atoms with Gasteiger partial charge < -0.3 is 10.2 Å². The lowest BCUT2D eigenvalue weighted by Crippen LogP contribution is -2.08. The zero-order chi connectivity index (χ0) is 7.56. The number of aryl methyl sites for hydroxylation is 1. The molecule has 1 rings (SSSR count). The van der Waals surface area contributed by atoms with Crippen molar-refractivity contribution in [1.82, 2.24) is 0 Å². The van der Waals surface area contributed by atoms with Gasteiger partial charge in [-0.2, -0.15) is 0 Å². The van der Waals surface area contributed by atoms with Gasteiger partial charge in [0.25, 0.3) is 0 Å². The Labute approximate surface area is 61.0 Å². The fraction of sp³-hybridized carbons (Fsp3) is 0.500. The van der Waals surface area contributed by atoms with Crippen LogP contribution in [0.25, 0.3) is 0 Å². The lowest BCUT2D eigenvalue weighted by molar-refractivity contribution is 0.526. The largest absolute Gasteiger partial charge is 0.469 e. The first-order valence-corrected chi connectivity index (χ1v) is 3.49. The molecule has 0 spiro atoms. The van der Waals surface area contributed by atoms with Gasteiger partial charge in [-0.1, -0.05) is 6.92 Å². The molecule has 0 aliphatic rings. The Kier molecular flexibility index (Phi) is 2.12. The molecule has 1 heterocycles. The second-order valence-electron chi connectivity index (χ2n) is 2.57. The van der Waals surface area contributed by atoms with Crippen molar-refractivity contribution >= 4 is 0 Å². The smallest absolute Gasteiger partial charge is 0.104 e. The average molecular weight is 139 g/mol. The van der Waals surface area contributed by atoms with Crippen molar-refractivity contribution in [2.45, 2.75) is 19.8 Å². The molecule has 1 unspecified atom stereocenters. The minimum atomic E-state index is 0.416. The molecule has 0 aliphatic carbocycles. The van der Waals surface area contributed by atoms with Crippen LogP contribution in [0, 0.1) is 6.92 Å². The summed E-state index contributed by atoms with van der Waals surface area (Å²) in [5, 5.41) is 0. The van der Waals surface area contributed by atoms with Gasteiger partial charge in [0.1, 0.15) is 5.76 Å². The highest BCUT2D eigenvalue weighted by molar-refractivity contribution is 5.20. The van der Waals surface area contributed by atoms with Crippen LogP contribution in [0.2, 0.25) is 0 Å². The Bertz CT molecular complexity index is 205. The van der Waals surface area contributed by atoms with Gasteiger partial charge in [-0.05, 0) is 31.0 Å². The third-order valence-corrected chi connectivity index (χ3v) is 1.78. The predicted octanol–water partition coefficient (Wildman–Crippen LogP) is 1.65. The van der Waals surface area contributed by atoms with E-state index < -0.39 is 0 Å². The molecule has 0 aliphatic heterocycles. The normalized spacial score (nSPS) is 13.5. The topological polar surface area (TPSA) is 39.2 Å². The highest BCUT2D eigenvalue weighted by Gasteiger charge is 2.07. The first kappa shape index (κ1) is 7.35. The Morgan fingerprint density at radius 1 is 1.70 bits per heavy atom. The fourth-order valence-corrected chi connectivity index (χ4v) is 1.03. The molecule has 2 N–H and O–H groups in total. The third kappa shape index (κ3) is 1.21. The van der Waals surface area contributed by atoms with Crippen LogP contribution >= 0.6 is 0 Å². The standard InChI is InChI=1S/C8H13NO/c1-6(5-9)8-3-4-10-7(8)2/h3-4,6H,5,9H2,1-2H3. The van der Waals surface area contributed by atoms with E-state index in [1.807, 2.05) is 13.0 Å². The van der Waals surface area contributed by atoms with Crippen LogP contribution in [0.5, 0.6) is 0 Å². The summed E-state index contributed by atoms with van der Waals surface area (Å²) in [6.45, 7) is 4.74. The monoisotopic (exact) mass is 139 g/mol. The molecule has 1 aromatic heterocycles. The molecular formula is C8H13NO. The second kappa shape index (κ2) is 2.88. The van der Waals surface area contributed by atoms with Crippen LogP contribution in [0.15, 0.2) is 16.7 Å². The number of hydrogen-bond acceptors (Lipinski definition) is 2. The van der Waals surface area contributed by atoms with Crippen molar-refractivity contribution in [3.8, 4) is 0 Å². The van der Waals surface area contributed by atoms with Crippen molar-refractivity contribution in [2.24, 2.45) is 5.73 Å². The predicted molar refractivity (Wildman–Crippen MR) is 40.9 cm³/mol. The molecule has 0 saturated heterocycles. The van der Waals surface area contributed by atoms with E-state index in [9.17, 15) is 0 Å². The minimum Gasteiger partial charge on any atom is -0.469 e. The van der Waals surface area contributed by atoms with Crippen molar-refractivity contribution in [3.63, 3.8) is 0 Å². The average Bonchev–Trinajstić information content (AvgIpc) is 2.34. The first-order valence-electron chi connectivity index (χ1n) is 3.49. The summed E-state index contributed by atoms with van der Waals surface area (Å²) in [5.74, 6) is 1.40. The summed E-state index contributed by atoms with van der Waals surface area (Å²) in [5.41, 5.74) is 6.72. The molecule has 0 radical (unpaired) electrons. The number of rotatable bonds is 2. The first-order chi connectivity index (χ1) is 4.75. The summed E-state index contributed by atoms with van der Waals surface area (Å²) in [6.07, 6.45) is 1.71. The SMILES string of the molecule is Cc1occc1C(C)CN. The number of hydrogen-bond donors (Lipinski definition) is 1. The van der Waals surface area contributed by atoms with Gasteiger partial charge in [0, 0.05) is 0 Å². The maximum Gasteiger partial charge on any atom is 0.104 e. The Hall–Kier alpha value is -0.760. The van der Waals surface area contributed by atoms with E-state index in [-0.39, 0.29) is 0 Å². The van der Waals surface area contributed by atoms with Gasteiger partial charge in [-0.15, -0.1) is 0 Å². The number of furan rings is 1. The van der Waals surface area contributed by atoms with E-state index in [0.717, 1.165) is 5.76 Å². The Morgan fingerprint density at radius 3 is 2.80 bits per heavy atom. The second-order valence-corrected chi connectivity index (χ2v) is 2.57. The Balaban J connectivity index is 2.82. The molecule has 2 heteroatoms. The van der Waals surface area contributed by atoms with E-state index in [4.69, 9.17) is 10.2 Å². The van der Waals surface area contributed by atoms with Crippen molar-refractivity contribution < 1.29 is 4.42 Å². The molecule has 0 fully saturated rings. The molecule has 1 atom stereocenters. The fourth-order valence-electron chi connectivity index (χ4n) is 1.03. The molecule has 0 amide bonds. The van der Waals surface area contributed by atoms with E-state index in [2.05, 4.69) is 6.92 Å². The molecule has 10 heavy (non-hydrogen) atoms. The quantitative estimate of drug-likeness (QED) is 0.676. The van der Waals surface area contributed by atoms with Crippen LogP contribution in [-0.2, 0) is 0 Å². The summed E-state index contributed by atoms with van der Waals surface area (Å²) >= 11 is 0. The van der Waals surface area contributed by atoms with Gasteiger partial charge in [0.2, 0.25) is 0 Å². The molecule has 0 bridgehead atoms. The molecule has 0 aromatic carbocycles. The van der Waals surface area contributed by atoms with Crippen molar-refractivity contribution in [2.75, 3.05) is 6.54 Å². The van der Waals surface area contributed by atoms with Gasteiger partial charge in [-0.25, -0.2) is 0 Å². The molecule has 56 valence electrons. The maximum atomic E-state index is 5.49. The summed E-state index contributed by atoms with van der Waals surface area (Å²) in [7, 11) is 0. The number of nitrogens with two attached hydrogens (primary N) is 1. The van der Waals surface area contributed by atoms with Gasteiger partial charge >= 0.3 is 0 Å². The lowest BCUT2D eigenvalue weighted by Gasteiger charge is -2.04. The lowest BCUT2D eigenvalue weighted by atomic mass is 10.0. The van der Waals surface area contributed by atoms with Crippen LogP contribution in [0.1, 0.15) is 24.2 Å². The maximum absolute atomic E-state index is 5.49. The van der Waals surface area contributed by atoms with E-state index in [1.165, 1.54) is 5.56 Å². The van der Waals surface area contributed by atoms with Crippen molar-refractivity contribution in [1.29, 1.82) is 0 Å². The molecule has 1 aromatic rings. The molecule has 2 nitrogen and oxygen atoms in total. The Morgan fingerprint density at radius 2 is 2.40 bits per heavy atom. The summed E-state index contributed by atoms with van der Waals surface area (Å²) < 4.78 is 5.13.